The topological polar surface area (TPSA) is 17.1 Å². The highest BCUT2D eigenvalue weighted by Crippen LogP contribution is 2.37. The second-order valence-corrected chi connectivity index (χ2v) is 4.20. The Bertz CT molecular complexity index is 413. The van der Waals surface area contributed by atoms with Crippen LogP contribution in [0.15, 0.2) is 18.2 Å². The monoisotopic (exact) mass is 270 g/mol. The summed E-state index contributed by atoms with van der Waals surface area (Å²) in [6.45, 7) is 1.31. The van der Waals surface area contributed by atoms with Crippen LogP contribution >= 0.6 is 23.2 Å². The van der Waals surface area contributed by atoms with Crippen LogP contribution in [0.1, 0.15) is 22.8 Å². The molecule has 16 heavy (non-hydrogen) atoms. The van der Waals surface area contributed by atoms with Gasteiger partial charge in [0.15, 0.2) is 5.78 Å². The van der Waals surface area contributed by atoms with E-state index < -0.39 is 33.5 Å². The Hall–Kier alpha value is -0.740. The second kappa shape index (κ2) is 4.63. The molecule has 0 aliphatic carbocycles. The quantitative estimate of drug-likeness (QED) is 0.582. The molecule has 0 aliphatic heterocycles. The Kier molecular flexibility index (Phi) is 3.86. The summed E-state index contributed by atoms with van der Waals surface area (Å²) in [4.78, 5) is 11.5. The molecule has 1 aromatic rings. The van der Waals surface area contributed by atoms with Gasteiger partial charge in [-0.25, -0.2) is 0 Å². The van der Waals surface area contributed by atoms with Crippen molar-refractivity contribution in [3.8, 4) is 0 Å². The van der Waals surface area contributed by atoms with Crippen LogP contribution in [0.25, 0.3) is 0 Å². The molecule has 0 spiro atoms. The lowest BCUT2D eigenvalue weighted by Crippen LogP contribution is -2.18. The zero-order valence-electron chi connectivity index (χ0n) is 8.11. The molecule has 88 valence electrons. The lowest BCUT2D eigenvalue weighted by molar-refractivity contribution is -0.137. The highest BCUT2D eigenvalue weighted by molar-refractivity contribution is 6.35. The molecule has 1 atom stereocenters. The number of alkyl halides is 4. The molecule has 0 saturated heterocycles. The Labute approximate surface area is 100 Å². The van der Waals surface area contributed by atoms with Gasteiger partial charge in [0.05, 0.1) is 16.0 Å². The Morgan fingerprint density at radius 2 is 1.94 bits per heavy atom. The smallest absolute Gasteiger partial charge is 0.293 e. The number of hydrogen-bond acceptors (Lipinski definition) is 1. The summed E-state index contributed by atoms with van der Waals surface area (Å²) in [6.07, 6.45) is -4.67. The first-order valence-electron chi connectivity index (χ1n) is 4.29. The van der Waals surface area contributed by atoms with Crippen molar-refractivity contribution < 1.29 is 18.0 Å². The van der Waals surface area contributed by atoms with Crippen LogP contribution in [0.2, 0.25) is 5.02 Å². The predicted molar refractivity (Wildman–Crippen MR) is 56.1 cm³/mol. The zero-order chi connectivity index (χ0) is 12.5. The number of carbonyl (C=O) groups excluding carboxylic acids is 1. The highest BCUT2D eigenvalue weighted by Gasteiger charge is 2.38. The zero-order valence-corrected chi connectivity index (χ0v) is 9.62. The number of ketones is 1. The molecular formula is C10H7Cl2F3O. The molecule has 0 radical (unpaired) electrons. The molecule has 1 nitrogen and oxygen atoms in total. The standard InChI is InChI=1S/C10H7Cl2F3O/c1-5(11)9(16)6-3-2-4-7(12)8(6)10(13,14)15/h2-5H,1H3. The van der Waals surface area contributed by atoms with Crippen molar-refractivity contribution in [3.05, 3.63) is 34.3 Å². The van der Waals surface area contributed by atoms with Gasteiger partial charge in [-0.2, -0.15) is 13.2 Å². The van der Waals surface area contributed by atoms with E-state index in [1.165, 1.54) is 13.0 Å². The van der Waals surface area contributed by atoms with Crippen molar-refractivity contribution in [1.29, 1.82) is 0 Å². The van der Waals surface area contributed by atoms with Gasteiger partial charge in [0, 0.05) is 5.56 Å². The summed E-state index contributed by atoms with van der Waals surface area (Å²) in [7, 11) is 0. The van der Waals surface area contributed by atoms with Gasteiger partial charge in [0.2, 0.25) is 0 Å². The minimum atomic E-state index is -4.67. The van der Waals surface area contributed by atoms with Crippen LogP contribution in [-0.2, 0) is 6.18 Å². The Morgan fingerprint density at radius 1 is 1.38 bits per heavy atom. The summed E-state index contributed by atoms with van der Waals surface area (Å²) in [6, 6.07) is 3.43. The van der Waals surface area contributed by atoms with E-state index in [1.807, 2.05) is 0 Å². The van der Waals surface area contributed by atoms with E-state index in [9.17, 15) is 18.0 Å². The fourth-order valence-corrected chi connectivity index (χ4v) is 1.63. The summed E-state index contributed by atoms with van der Waals surface area (Å²) in [5.74, 6) is -0.795. The maximum Gasteiger partial charge on any atom is 0.418 e. The lowest BCUT2D eigenvalue weighted by Gasteiger charge is -2.14. The molecule has 0 aliphatic rings. The molecule has 1 aromatic carbocycles. The van der Waals surface area contributed by atoms with Crippen LogP contribution in [0.3, 0.4) is 0 Å². The molecule has 1 unspecified atom stereocenters. The van der Waals surface area contributed by atoms with Crippen LogP contribution in [0, 0.1) is 0 Å². The summed E-state index contributed by atoms with van der Waals surface area (Å²) in [5, 5.41) is -1.53. The Morgan fingerprint density at radius 3 is 2.38 bits per heavy atom. The van der Waals surface area contributed by atoms with Gasteiger partial charge in [-0.15, -0.1) is 11.6 Å². The fourth-order valence-electron chi connectivity index (χ4n) is 1.23. The number of halogens is 5. The molecule has 0 saturated carbocycles. The number of benzene rings is 1. The highest BCUT2D eigenvalue weighted by atomic mass is 35.5. The molecular weight excluding hydrogens is 264 g/mol. The third-order valence-corrected chi connectivity index (χ3v) is 2.44. The van der Waals surface area contributed by atoms with E-state index in [0.717, 1.165) is 12.1 Å². The molecule has 0 N–H and O–H groups in total. The maximum atomic E-state index is 12.7. The average molecular weight is 271 g/mol. The average Bonchev–Trinajstić information content (AvgIpc) is 2.14. The van der Waals surface area contributed by atoms with Crippen LogP contribution < -0.4 is 0 Å². The first kappa shape index (κ1) is 13.3. The van der Waals surface area contributed by atoms with Crippen molar-refractivity contribution in [3.63, 3.8) is 0 Å². The Balaban J connectivity index is 3.41. The third kappa shape index (κ3) is 2.68. The molecule has 1 rings (SSSR count). The number of rotatable bonds is 2. The van der Waals surface area contributed by atoms with Crippen molar-refractivity contribution in [2.45, 2.75) is 18.5 Å². The minimum absolute atomic E-state index is 0.498. The SMILES string of the molecule is CC(Cl)C(=O)c1cccc(Cl)c1C(F)(F)F. The number of hydrogen-bond donors (Lipinski definition) is 0. The van der Waals surface area contributed by atoms with Gasteiger partial charge < -0.3 is 0 Å². The molecule has 0 amide bonds. The van der Waals surface area contributed by atoms with E-state index in [-0.39, 0.29) is 0 Å². The molecule has 0 aromatic heterocycles. The third-order valence-electron chi connectivity index (χ3n) is 1.92. The van der Waals surface area contributed by atoms with E-state index >= 15 is 0 Å². The summed E-state index contributed by atoms with van der Waals surface area (Å²) in [5.41, 5.74) is -1.63. The van der Waals surface area contributed by atoms with E-state index in [0.29, 0.717) is 0 Å². The fraction of sp³-hybridized carbons (Fsp3) is 0.300. The van der Waals surface area contributed by atoms with Gasteiger partial charge in [0.1, 0.15) is 0 Å². The van der Waals surface area contributed by atoms with Gasteiger partial charge in [-0.05, 0) is 13.0 Å². The predicted octanol–water partition coefficient (Wildman–Crippen LogP) is 4.17. The second-order valence-electron chi connectivity index (χ2n) is 3.14. The maximum absolute atomic E-state index is 12.7. The molecule has 0 heterocycles. The number of Topliss-reactive ketones (excluding diaryl/α,β-unsaturated/α-hetero) is 1. The molecule has 0 fully saturated rings. The minimum Gasteiger partial charge on any atom is -0.293 e. The lowest BCUT2D eigenvalue weighted by atomic mass is 10.0. The van der Waals surface area contributed by atoms with Gasteiger partial charge in [-0.1, -0.05) is 23.7 Å². The number of carbonyl (C=O) groups is 1. The summed E-state index contributed by atoms with van der Waals surface area (Å²) < 4.78 is 38.0. The first-order chi connectivity index (χ1) is 7.25. The van der Waals surface area contributed by atoms with E-state index in [1.54, 1.807) is 0 Å². The molecule has 6 heteroatoms. The largest absolute Gasteiger partial charge is 0.418 e. The first-order valence-corrected chi connectivity index (χ1v) is 5.10. The van der Waals surface area contributed by atoms with Crippen LogP contribution in [0.5, 0.6) is 0 Å². The van der Waals surface area contributed by atoms with Gasteiger partial charge in [0.25, 0.3) is 0 Å². The van der Waals surface area contributed by atoms with Crippen molar-refractivity contribution >= 4 is 29.0 Å². The molecule has 0 bridgehead atoms. The van der Waals surface area contributed by atoms with Gasteiger partial charge in [-0.3, -0.25) is 4.79 Å². The summed E-state index contributed by atoms with van der Waals surface area (Å²) >= 11 is 10.9. The van der Waals surface area contributed by atoms with Gasteiger partial charge >= 0.3 is 6.18 Å². The van der Waals surface area contributed by atoms with E-state index in [4.69, 9.17) is 23.2 Å². The van der Waals surface area contributed by atoms with Crippen molar-refractivity contribution in [1.82, 2.24) is 0 Å². The van der Waals surface area contributed by atoms with Crippen LogP contribution in [-0.4, -0.2) is 11.2 Å². The normalized spacial score (nSPS) is 13.6. The van der Waals surface area contributed by atoms with E-state index in [2.05, 4.69) is 0 Å². The van der Waals surface area contributed by atoms with Crippen molar-refractivity contribution in [2.75, 3.05) is 0 Å². The van der Waals surface area contributed by atoms with Crippen molar-refractivity contribution in [2.24, 2.45) is 0 Å². The van der Waals surface area contributed by atoms with Crippen LogP contribution in [0.4, 0.5) is 13.2 Å².